The number of carbonyl (C=O) groups is 1. The lowest BCUT2D eigenvalue weighted by molar-refractivity contribution is 0.0701. The van der Waals surface area contributed by atoms with E-state index >= 15 is 0 Å². The smallest absolute Gasteiger partial charge is 0.261 e. The van der Waals surface area contributed by atoms with Crippen LogP contribution >= 0.6 is 0 Å². The van der Waals surface area contributed by atoms with Gasteiger partial charge in [0.1, 0.15) is 17.1 Å². The fourth-order valence-corrected chi connectivity index (χ4v) is 2.12. The maximum absolute atomic E-state index is 12.2. The highest BCUT2D eigenvalue weighted by atomic mass is 16.3. The number of carbonyl (C=O) groups excluding carboxylic acids is 1. The molecule has 1 aromatic carbocycles. The number of likely N-dealkylation sites (tertiary alicyclic amines) is 1. The predicted octanol–water partition coefficient (Wildman–Crippen LogP) is 1.47. The summed E-state index contributed by atoms with van der Waals surface area (Å²) in [5.74, 6) is -0.834. The Kier molecular flexibility index (Phi) is 3.38. The van der Waals surface area contributed by atoms with Gasteiger partial charge in [-0.3, -0.25) is 4.79 Å². The number of hydrogen-bond donors (Lipinski definition) is 2. The average molecular weight is 246 g/mol. The van der Waals surface area contributed by atoms with Gasteiger partial charge in [-0.05, 0) is 25.0 Å². The Morgan fingerprint density at radius 1 is 1.28 bits per heavy atom. The zero-order chi connectivity index (χ0) is 13.1. The van der Waals surface area contributed by atoms with Crippen LogP contribution < -0.4 is 0 Å². The van der Waals surface area contributed by atoms with E-state index in [-0.39, 0.29) is 28.9 Å². The minimum absolute atomic E-state index is 0.00739. The summed E-state index contributed by atoms with van der Waals surface area (Å²) in [5.41, 5.74) is -0.0621. The van der Waals surface area contributed by atoms with Crippen molar-refractivity contribution >= 4 is 5.91 Å². The summed E-state index contributed by atoms with van der Waals surface area (Å²) in [6.07, 6.45) is 1.27. The number of nitriles is 1. The topological polar surface area (TPSA) is 84.6 Å². The molecule has 1 saturated heterocycles. The second-order valence-electron chi connectivity index (χ2n) is 4.37. The van der Waals surface area contributed by atoms with Crippen molar-refractivity contribution in [2.24, 2.45) is 5.92 Å². The molecule has 0 radical (unpaired) electrons. The fraction of sp³-hybridized carbons (Fsp3) is 0.385. The van der Waals surface area contributed by atoms with Crippen molar-refractivity contribution in [3.8, 4) is 17.6 Å². The van der Waals surface area contributed by atoms with Crippen LogP contribution in [0.5, 0.6) is 11.5 Å². The molecule has 18 heavy (non-hydrogen) atoms. The van der Waals surface area contributed by atoms with Crippen LogP contribution in [0.4, 0.5) is 0 Å². The monoisotopic (exact) mass is 246 g/mol. The molecule has 2 rings (SSSR count). The molecule has 1 fully saturated rings. The van der Waals surface area contributed by atoms with Gasteiger partial charge in [0, 0.05) is 19.0 Å². The van der Waals surface area contributed by atoms with Crippen LogP contribution in [0.2, 0.25) is 0 Å². The first-order valence-electron chi connectivity index (χ1n) is 5.83. The quantitative estimate of drug-likeness (QED) is 0.785. The van der Waals surface area contributed by atoms with Gasteiger partial charge in [0.15, 0.2) is 0 Å². The van der Waals surface area contributed by atoms with Gasteiger partial charge in [-0.25, -0.2) is 0 Å². The zero-order valence-electron chi connectivity index (χ0n) is 9.83. The summed E-state index contributed by atoms with van der Waals surface area (Å²) >= 11 is 0. The number of benzene rings is 1. The number of aromatic hydroxyl groups is 2. The highest BCUT2D eigenvalue weighted by Crippen LogP contribution is 2.29. The first kappa shape index (κ1) is 12.2. The summed E-state index contributed by atoms with van der Waals surface area (Å²) < 4.78 is 0. The first-order valence-corrected chi connectivity index (χ1v) is 5.83. The van der Waals surface area contributed by atoms with E-state index < -0.39 is 0 Å². The normalized spacial score (nSPS) is 16.3. The second-order valence-corrected chi connectivity index (χ2v) is 4.37. The lowest BCUT2D eigenvalue weighted by Gasteiger charge is -2.29. The number of hydrogen-bond acceptors (Lipinski definition) is 4. The van der Waals surface area contributed by atoms with Gasteiger partial charge in [-0.15, -0.1) is 0 Å². The first-order chi connectivity index (χ1) is 8.63. The third-order valence-electron chi connectivity index (χ3n) is 3.20. The minimum Gasteiger partial charge on any atom is -0.507 e. The molecule has 94 valence electrons. The number of nitrogens with zero attached hydrogens (tertiary/aromatic N) is 2. The van der Waals surface area contributed by atoms with E-state index in [2.05, 4.69) is 6.07 Å². The maximum atomic E-state index is 12.2. The maximum Gasteiger partial charge on any atom is 0.261 e. The Morgan fingerprint density at radius 2 is 1.83 bits per heavy atom. The highest BCUT2D eigenvalue weighted by molar-refractivity contribution is 5.99. The summed E-state index contributed by atoms with van der Waals surface area (Å²) in [7, 11) is 0. The Morgan fingerprint density at radius 3 is 2.33 bits per heavy atom. The van der Waals surface area contributed by atoms with Gasteiger partial charge >= 0.3 is 0 Å². The molecule has 5 heteroatoms. The molecule has 1 amide bonds. The molecule has 1 aliphatic rings. The zero-order valence-corrected chi connectivity index (χ0v) is 9.83. The molecule has 0 aliphatic carbocycles. The molecular weight excluding hydrogens is 232 g/mol. The average Bonchev–Trinajstić information content (AvgIpc) is 2.38. The van der Waals surface area contributed by atoms with Crippen molar-refractivity contribution in [2.45, 2.75) is 12.8 Å². The Labute approximate surface area is 105 Å². The number of phenols is 2. The second kappa shape index (κ2) is 4.96. The summed E-state index contributed by atoms with van der Waals surface area (Å²) in [4.78, 5) is 13.7. The third-order valence-corrected chi connectivity index (χ3v) is 3.20. The molecule has 1 aliphatic heterocycles. The molecule has 0 bridgehead atoms. The molecule has 0 saturated carbocycles. The van der Waals surface area contributed by atoms with Gasteiger partial charge < -0.3 is 15.1 Å². The van der Waals surface area contributed by atoms with Gasteiger partial charge in [-0.2, -0.15) is 5.26 Å². The van der Waals surface area contributed by atoms with Crippen molar-refractivity contribution in [2.75, 3.05) is 13.1 Å². The lowest BCUT2D eigenvalue weighted by atomic mass is 9.98. The van der Waals surface area contributed by atoms with Crippen LogP contribution in [0.25, 0.3) is 0 Å². The van der Waals surface area contributed by atoms with Gasteiger partial charge in [0.2, 0.25) is 0 Å². The van der Waals surface area contributed by atoms with E-state index in [9.17, 15) is 15.0 Å². The van der Waals surface area contributed by atoms with E-state index in [1.807, 2.05) is 0 Å². The molecular formula is C13H14N2O3. The van der Waals surface area contributed by atoms with E-state index in [0.29, 0.717) is 25.9 Å². The van der Waals surface area contributed by atoms with Crippen LogP contribution in [-0.2, 0) is 0 Å². The van der Waals surface area contributed by atoms with Crippen LogP contribution in [0, 0.1) is 17.2 Å². The number of rotatable bonds is 1. The Hall–Kier alpha value is -2.22. The molecule has 2 N–H and O–H groups in total. The highest BCUT2D eigenvalue weighted by Gasteiger charge is 2.26. The Bertz CT molecular complexity index is 479. The van der Waals surface area contributed by atoms with Crippen LogP contribution in [-0.4, -0.2) is 34.1 Å². The molecule has 1 heterocycles. The molecule has 0 atom stereocenters. The van der Waals surface area contributed by atoms with Gasteiger partial charge in [-0.1, -0.05) is 6.07 Å². The van der Waals surface area contributed by atoms with E-state index in [1.165, 1.54) is 18.2 Å². The van der Waals surface area contributed by atoms with Crippen LogP contribution in [0.15, 0.2) is 18.2 Å². The van der Waals surface area contributed by atoms with Gasteiger partial charge in [0.05, 0.1) is 6.07 Å². The molecule has 5 nitrogen and oxygen atoms in total. The molecule has 0 unspecified atom stereocenters. The number of phenolic OH excluding ortho intramolecular Hbond substituents is 2. The third kappa shape index (κ3) is 2.23. The van der Waals surface area contributed by atoms with Crippen LogP contribution in [0.1, 0.15) is 23.2 Å². The summed E-state index contributed by atoms with van der Waals surface area (Å²) in [6, 6.07) is 6.40. The molecule has 0 aromatic heterocycles. The number of piperidine rings is 1. The van der Waals surface area contributed by atoms with Crippen molar-refractivity contribution in [3.05, 3.63) is 23.8 Å². The van der Waals surface area contributed by atoms with Crippen molar-refractivity contribution < 1.29 is 15.0 Å². The van der Waals surface area contributed by atoms with E-state index in [1.54, 1.807) is 4.90 Å². The standard InChI is InChI=1S/C13H14N2O3/c14-8-9-4-6-15(7-5-9)13(18)12-10(16)2-1-3-11(12)17/h1-3,9,16-17H,4-7H2. The minimum atomic E-state index is -0.387. The fourth-order valence-electron chi connectivity index (χ4n) is 2.12. The van der Waals surface area contributed by atoms with Gasteiger partial charge in [0.25, 0.3) is 5.91 Å². The molecule has 1 aromatic rings. The van der Waals surface area contributed by atoms with Crippen molar-refractivity contribution in [3.63, 3.8) is 0 Å². The number of amides is 1. The summed E-state index contributed by atoms with van der Waals surface area (Å²) in [6.45, 7) is 0.954. The predicted molar refractivity (Wildman–Crippen MR) is 64.0 cm³/mol. The lowest BCUT2D eigenvalue weighted by Crippen LogP contribution is -2.38. The van der Waals surface area contributed by atoms with Crippen molar-refractivity contribution in [1.29, 1.82) is 5.26 Å². The van der Waals surface area contributed by atoms with Crippen LogP contribution in [0.3, 0.4) is 0 Å². The van der Waals surface area contributed by atoms with Crippen molar-refractivity contribution in [1.82, 2.24) is 4.90 Å². The van der Waals surface area contributed by atoms with E-state index in [4.69, 9.17) is 5.26 Å². The Balaban J connectivity index is 2.16. The SMILES string of the molecule is N#CC1CCN(C(=O)c2c(O)cccc2O)CC1. The largest absolute Gasteiger partial charge is 0.507 e. The molecule has 0 spiro atoms. The van der Waals surface area contributed by atoms with E-state index in [0.717, 1.165) is 0 Å². The summed E-state index contributed by atoms with van der Waals surface area (Å²) in [5, 5.41) is 28.0.